The van der Waals surface area contributed by atoms with Crippen LogP contribution in [0.25, 0.3) is 0 Å². The van der Waals surface area contributed by atoms with Crippen molar-refractivity contribution in [3.8, 4) is 0 Å². The van der Waals surface area contributed by atoms with Gasteiger partial charge in [0.25, 0.3) is 0 Å². The second kappa shape index (κ2) is 6.26. The normalized spacial score (nSPS) is 12.4. The molecule has 100 valence electrons. The highest BCUT2D eigenvalue weighted by Gasteiger charge is 2.12. The lowest BCUT2D eigenvalue weighted by Crippen LogP contribution is -2.19. The zero-order valence-corrected chi connectivity index (χ0v) is 12.0. The van der Waals surface area contributed by atoms with Crippen LogP contribution in [0.5, 0.6) is 0 Å². The monoisotopic (exact) mass is 325 g/mol. The second-order valence-electron chi connectivity index (χ2n) is 4.37. The van der Waals surface area contributed by atoms with E-state index in [0.717, 1.165) is 11.1 Å². The summed E-state index contributed by atoms with van der Waals surface area (Å²) in [5.41, 5.74) is 1.86. The molecule has 0 aliphatic carbocycles. The summed E-state index contributed by atoms with van der Waals surface area (Å²) in [6, 6.07) is 11.2. The van der Waals surface area contributed by atoms with Gasteiger partial charge in [-0.2, -0.15) is 0 Å². The average Bonchev–Trinajstić information content (AvgIpc) is 2.37. The van der Waals surface area contributed by atoms with Crippen molar-refractivity contribution < 1.29 is 8.78 Å². The number of rotatable bonds is 4. The highest BCUT2D eigenvalue weighted by Crippen LogP contribution is 2.23. The van der Waals surface area contributed by atoms with Gasteiger partial charge in [0.2, 0.25) is 0 Å². The molecule has 19 heavy (non-hydrogen) atoms. The van der Waals surface area contributed by atoms with Crippen molar-refractivity contribution >= 4 is 15.9 Å². The highest BCUT2D eigenvalue weighted by molar-refractivity contribution is 9.10. The topological polar surface area (TPSA) is 12.0 Å². The molecule has 0 fully saturated rings. The van der Waals surface area contributed by atoms with Gasteiger partial charge in [0.1, 0.15) is 11.6 Å². The van der Waals surface area contributed by atoms with Gasteiger partial charge in [-0.25, -0.2) is 8.78 Å². The van der Waals surface area contributed by atoms with E-state index < -0.39 is 0 Å². The summed E-state index contributed by atoms with van der Waals surface area (Å²) < 4.78 is 27.0. The standard InChI is InChI=1S/C15H14BrF2N/c1-19-15(6-10-2-4-13(17)5-3-10)11-7-12(16)9-14(18)8-11/h2-5,7-9,15,19H,6H2,1H3. The molecular weight excluding hydrogens is 312 g/mol. The van der Waals surface area contributed by atoms with Crippen LogP contribution in [-0.4, -0.2) is 7.05 Å². The van der Waals surface area contributed by atoms with Crippen LogP contribution in [0.3, 0.4) is 0 Å². The van der Waals surface area contributed by atoms with Crippen LogP contribution in [0.2, 0.25) is 0 Å². The van der Waals surface area contributed by atoms with Gasteiger partial charge in [-0.3, -0.25) is 0 Å². The largest absolute Gasteiger partial charge is 0.313 e. The van der Waals surface area contributed by atoms with E-state index in [1.54, 1.807) is 12.1 Å². The van der Waals surface area contributed by atoms with Gasteiger partial charge in [0, 0.05) is 10.5 Å². The summed E-state index contributed by atoms with van der Waals surface area (Å²) in [7, 11) is 1.83. The summed E-state index contributed by atoms with van der Waals surface area (Å²) in [5.74, 6) is -0.526. The summed E-state index contributed by atoms with van der Waals surface area (Å²) in [5, 5.41) is 3.15. The van der Waals surface area contributed by atoms with Gasteiger partial charge < -0.3 is 5.32 Å². The first-order valence-corrected chi connectivity index (χ1v) is 6.75. The van der Waals surface area contributed by atoms with E-state index >= 15 is 0 Å². The molecule has 2 rings (SSSR count). The summed E-state index contributed by atoms with van der Waals surface area (Å²) in [4.78, 5) is 0. The number of hydrogen-bond acceptors (Lipinski definition) is 1. The molecule has 0 saturated carbocycles. The summed E-state index contributed by atoms with van der Waals surface area (Å²) >= 11 is 3.29. The van der Waals surface area contributed by atoms with E-state index in [2.05, 4.69) is 21.2 Å². The first kappa shape index (κ1) is 14.2. The summed E-state index contributed by atoms with van der Waals surface area (Å²) in [6.07, 6.45) is 0.673. The van der Waals surface area contributed by atoms with E-state index in [1.807, 2.05) is 13.1 Å². The van der Waals surface area contributed by atoms with Gasteiger partial charge in [-0.05, 0) is 54.9 Å². The fourth-order valence-electron chi connectivity index (χ4n) is 2.02. The molecule has 0 radical (unpaired) electrons. The molecule has 2 aromatic rings. The molecule has 0 saturated heterocycles. The Morgan fingerprint density at radius 1 is 1.05 bits per heavy atom. The Bertz CT molecular complexity index is 534. The van der Waals surface area contributed by atoms with Crippen LogP contribution in [0.15, 0.2) is 46.9 Å². The predicted octanol–water partition coefficient (Wildman–Crippen LogP) is 4.23. The second-order valence-corrected chi connectivity index (χ2v) is 5.29. The maximum Gasteiger partial charge on any atom is 0.124 e. The van der Waals surface area contributed by atoms with Gasteiger partial charge in [-0.1, -0.05) is 28.1 Å². The number of likely N-dealkylation sites (N-methyl/N-ethyl adjacent to an activating group) is 1. The molecule has 0 spiro atoms. The third-order valence-corrected chi connectivity index (χ3v) is 3.45. The number of hydrogen-bond donors (Lipinski definition) is 1. The fourth-order valence-corrected chi connectivity index (χ4v) is 2.50. The Hall–Kier alpha value is -1.26. The Morgan fingerprint density at radius 2 is 1.74 bits per heavy atom. The van der Waals surface area contributed by atoms with Crippen LogP contribution in [0, 0.1) is 11.6 Å². The number of benzene rings is 2. The molecule has 4 heteroatoms. The quantitative estimate of drug-likeness (QED) is 0.887. The third kappa shape index (κ3) is 3.85. The van der Waals surface area contributed by atoms with Gasteiger partial charge in [0.15, 0.2) is 0 Å². The van der Waals surface area contributed by atoms with Crippen LogP contribution < -0.4 is 5.32 Å². The van der Waals surface area contributed by atoms with E-state index in [-0.39, 0.29) is 17.7 Å². The molecule has 1 N–H and O–H groups in total. The molecule has 0 aliphatic heterocycles. The van der Waals surface area contributed by atoms with Crippen LogP contribution in [0.4, 0.5) is 8.78 Å². The van der Waals surface area contributed by atoms with Crippen LogP contribution in [-0.2, 0) is 6.42 Å². The fraction of sp³-hybridized carbons (Fsp3) is 0.200. The Morgan fingerprint density at radius 3 is 2.32 bits per heavy atom. The van der Waals surface area contributed by atoms with Crippen molar-refractivity contribution in [3.63, 3.8) is 0 Å². The smallest absolute Gasteiger partial charge is 0.124 e. The first-order valence-electron chi connectivity index (χ1n) is 5.96. The van der Waals surface area contributed by atoms with E-state index in [0.29, 0.717) is 10.9 Å². The lowest BCUT2D eigenvalue weighted by atomic mass is 9.99. The van der Waals surface area contributed by atoms with Gasteiger partial charge in [-0.15, -0.1) is 0 Å². The molecule has 2 aromatic carbocycles. The Labute approximate surface area is 119 Å². The van der Waals surface area contributed by atoms with Crippen molar-refractivity contribution in [1.82, 2.24) is 5.32 Å². The van der Waals surface area contributed by atoms with Crippen LogP contribution >= 0.6 is 15.9 Å². The maximum absolute atomic E-state index is 13.4. The van der Waals surface area contributed by atoms with E-state index in [1.165, 1.54) is 24.3 Å². The molecular formula is C15H14BrF2N. The van der Waals surface area contributed by atoms with Gasteiger partial charge in [0.05, 0.1) is 0 Å². The molecule has 0 heterocycles. The zero-order valence-electron chi connectivity index (χ0n) is 10.5. The highest BCUT2D eigenvalue weighted by atomic mass is 79.9. The minimum Gasteiger partial charge on any atom is -0.313 e. The first-order chi connectivity index (χ1) is 9.08. The van der Waals surface area contributed by atoms with Crippen molar-refractivity contribution in [2.45, 2.75) is 12.5 Å². The summed E-state index contributed by atoms with van der Waals surface area (Å²) in [6.45, 7) is 0. The van der Waals surface area contributed by atoms with Crippen molar-refractivity contribution in [2.75, 3.05) is 7.05 Å². The van der Waals surface area contributed by atoms with E-state index in [4.69, 9.17) is 0 Å². The Balaban J connectivity index is 2.22. The Kier molecular flexibility index (Phi) is 4.66. The van der Waals surface area contributed by atoms with Crippen molar-refractivity contribution in [2.24, 2.45) is 0 Å². The molecule has 0 amide bonds. The lowest BCUT2D eigenvalue weighted by Gasteiger charge is -2.17. The maximum atomic E-state index is 13.4. The average molecular weight is 326 g/mol. The molecule has 1 unspecified atom stereocenters. The lowest BCUT2D eigenvalue weighted by molar-refractivity contribution is 0.575. The van der Waals surface area contributed by atoms with Crippen molar-refractivity contribution in [3.05, 3.63) is 69.7 Å². The minimum absolute atomic E-state index is 0.0162. The molecule has 1 atom stereocenters. The van der Waals surface area contributed by atoms with Crippen LogP contribution in [0.1, 0.15) is 17.2 Å². The van der Waals surface area contributed by atoms with Gasteiger partial charge >= 0.3 is 0 Å². The minimum atomic E-state index is -0.274. The van der Waals surface area contributed by atoms with E-state index in [9.17, 15) is 8.78 Å². The molecule has 0 aromatic heterocycles. The zero-order chi connectivity index (χ0) is 13.8. The predicted molar refractivity (Wildman–Crippen MR) is 76.0 cm³/mol. The number of halogens is 3. The third-order valence-electron chi connectivity index (χ3n) is 2.99. The molecule has 0 bridgehead atoms. The molecule has 0 aliphatic rings. The molecule has 1 nitrogen and oxygen atoms in total. The van der Waals surface area contributed by atoms with Crippen molar-refractivity contribution in [1.29, 1.82) is 0 Å². The number of nitrogens with one attached hydrogen (secondary N) is 1. The SMILES string of the molecule is CNC(Cc1ccc(F)cc1)c1cc(F)cc(Br)c1.